The summed E-state index contributed by atoms with van der Waals surface area (Å²) in [6.07, 6.45) is -1.14. The Hall–Kier alpha value is -1.43. The quantitative estimate of drug-likeness (QED) is 0.508. The zero-order valence-corrected chi connectivity index (χ0v) is 9.10. The second-order valence-electron chi connectivity index (χ2n) is 3.15. The predicted octanol–water partition coefficient (Wildman–Crippen LogP) is 0.0142. The minimum atomic E-state index is -4.58. The Labute approximate surface area is 89.5 Å². The van der Waals surface area contributed by atoms with Gasteiger partial charge in [-0.3, -0.25) is 9.36 Å². The molecule has 0 aromatic carbocycles. The maximum Gasteiger partial charge on any atom is 0.350 e. The first-order valence-corrected chi connectivity index (χ1v) is 5.92. The molecular formula is C8H9O7P. The molecule has 0 atom stereocenters. The lowest BCUT2D eigenvalue weighted by atomic mass is 10.2. The first kappa shape index (κ1) is 12.6. The van der Waals surface area contributed by atoms with E-state index in [1.807, 2.05) is 0 Å². The number of rotatable bonds is 3. The number of Topliss-reactive ketones (excluding diaryl/α,β-unsaturated/α-hetero) is 1. The van der Waals surface area contributed by atoms with Crippen LogP contribution in [0.25, 0.3) is 0 Å². The third kappa shape index (κ3) is 3.03. The van der Waals surface area contributed by atoms with Gasteiger partial charge in [0.2, 0.25) is 0 Å². The van der Waals surface area contributed by atoms with E-state index in [1.165, 1.54) is 6.92 Å². The third-order valence-corrected chi connectivity index (χ3v) is 2.38. The first-order valence-electron chi connectivity index (χ1n) is 4.12. The fraction of sp³-hybridized carbons (Fsp3) is 0.250. The maximum atomic E-state index is 11.3. The summed E-state index contributed by atoms with van der Waals surface area (Å²) in [6, 6.07) is 1.02. The van der Waals surface area contributed by atoms with Crippen molar-refractivity contribution in [2.75, 3.05) is 6.16 Å². The summed E-state index contributed by atoms with van der Waals surface area (Å²) in [6.45, 7) is 1.39. The van der Waals surface area contributed by atoms with Crippen LogP contribution in [0.3, 0.4) is 0 Å². The van der Waals surface area contributed by atoms with Gasteiger partial charge in [-0.2, -0.15) is 0 Å². The lowest BCUT2D eigenvalue weighted by molar-refractivity contribution is 0.100. The number of carbonyl (C=O) groups excluding carboxylic acids is 1. The Balaban J connectivity index is 3.20. The van der Waals surface area contributed by atoms with E-state index in [-0.39, 0.29) is 5.76 Å². The van der Waals surface area contributed by atoms with Crippen molar-refractivity contribution in [1.29, 1.82) is 0 Å². The SMILES string of the molecule is Cc1cc(O)c(C(=O)CP(=O)(O)O)c(=O)o1. The average Bonchev–Trinajstić information content (AvgIpc) is 1.96. The van der Waals surface area contributed by atoms with Gasteiger partial charge in [0.25, 0.3) is 0 Å². The van der Waals surface area contributed by atoms with Gasteiger partial charge in [0.05, 0.1) is 0 Å². The molecule has 16 heavy (non-hydrogen) atoms. The number of carbonyl (C=O) groups is 1. The number of hydrogen-bond donors (Lipinski definition) is 3. The molecule has 0 aliphatic carbocycles. The Morgan fingerprint density at radius 1 is 1.50 bits per heavy atom. The van der Waals surface area contributed by atoms with Crippen molar-refractivity contribution in [3.8, 4) is 5.75 Å². The maximum absolute atomic E-state index is 11.3. The van der Waals surface area contributed by atoms with E-state index in [0.29, 0.717) is 0 Å². The smallest absolute Gasteiger partial charge is 0.350 e. The summed E-state index contributed by atoms with van der Waals surface area (Å²) in [5.41, 5.74) is -1.86. The topological polar surface area (TPSA) is 125 Å². The second-order valence-corrected chi connectivity index (χ2v) is 4.80. The van der Waals surface area contributed by atoms with E-state index in [0.717, 1.165) is 6.07 Å². The molecule has 0 amide bonds. The zero-order valence-electron chi connectivity index (χ0n) is 8.21. The predicted molar refractivity (Wildman–Crippen MR) is 52.6 cm³/mol. The molecule has 1 aromatic heterocycles. The standard InChI is InChI=1S/C8H9O7P/c1-4-2-5(9)7(8(11)15-4)6(10)3-16(12,13)14/h2,9H,3H2,1H3,(H2,12,13,14). The second kappa shape index (κ2) is 4.21. The first-order chi connectivity index (χ1) is 7.20. The molecule has 1 rings (SSSR count). The minimum absolute atomic E-state index is 0.0928. The van der Waals surface area contributed by atoms with Crippen molar-refractivity contribution in [3.05, 3.63) is 27.8 Å². The van der Waals surface area contributed by atoms with Gasteiger partial charge in [0.15, 0.2) is 5.78 Å². The number of aryl methyl sites for hydroxylation is 1. The molecule has 0 unspecified atom stereocenters. The molecule has 3 N–H and O–H groups in total. The average molecular weight is 248 g/mol. The fourth-order valence-corrected chi connectivity index (χ4v) is 1.65. The van der Waals surface area contributed by atoms with Crippen molar-refractivity contribution in [2.24, 2.45) is 0 Å². The van der Waals surface area contributed by atoms with E-state index < -0.39 is 36.5 Å². The van der Waals surface area contributed by atoms with Crippen molar-refractivity contribution in [3.63, 3.8) is 0 Å². The van der Waals surface area contributed by atoms with Gasteiger partial charge in [-0.1, -0.05) is 0 Å². The van der Waals surface area contributed by atoms with Crippen LogP contribution in [0.5, 0.6) is 5.75 Å². The van der Waals surface area contributed by atoms with Gasteiger partial charge in [0.1, 0.15) is 23.2 Å². The summed E-state index contributed by atoms with van der Waals surface area (Å²) < 4.78 is 15.1. The van der Waals surface area contributed by atoms with Crippen LogP contribution in [0.1, 0.15) is 16.1 Å². The van der Waals surface area contributed by atoms with Crippen LogP contribution in [-0.4, -0.2) is 26.8 Å². The van der Waals surface area contributed by atoms with Gasteiger partial charge >= 0.3 is 13.2 Å². The molecule has 7 nitrogen and oxygen atoms in total. The van der Waals surface area contributed by atoms with Crippen LogP contribution in [0, 0.1) is 6.92 Å². The summed E-state index contributed by atoms with van der Waals surface area (Å²) >= 11 is 0. The Morgan fingerprint density at radius 3 is 2.50 bits per heavy atom. The van der Waals surface area contributed by atoms with Gasteiger partial charge in [-0.25, -0.2) is 4.79 Å². The minimum Gasteiger partial charge on any atom is -0.507 e. The van der Waals surface area contributed by atoms with Crippen LogP contribution in [-0.2, 0) is 4.57 Å². The number of hydrogen-bond acceptors (Lipinski definition) is 5. The lowest BCUT2D eigenvalue weighted by Crippen LogP contribution is -2.17. The summed E-state index contributed by atoms with van der Waals surface area (Å²) in [5, 5.41) is 9.31. The van der Waals surface area contributed by atoms with Crippen LogP contribution in [0.4, 0.5) is 0 Å². The molecule has 0 saturated carbocycles. The van der Waals surface area contributed by atoms with E-state index in [9.17, 15) is 19.3 Å². The van der Waals surface area contributed by atoms with Crippen LogP contribution in [0.15, 0.2) is 15.3 Å². The monoisotopic (exact) mass is 248 g/mol. The van der Waals surface area contributed by atoms with E-state index in [1.54, 1.807) is 0 Å². The molecule has 1 heterocycles. The zero-order chi connectivity index (χ0) is 12.5. The Kier molecular flexibility index (Phi) is 3.32. The van der Waals surface area contributed by atoms with Crippen LogP contribution in [0.2, 0.25) is 0 Å². The highest BCUT2D eigenvalue weighted by Crippen LogP contribution is 2.35. The van der Waals surface area contributed by atoms with Crippen molar-refractivity contribution in [2.45, 2.75) is 6.92 Å². The van der Waals surface area contributed by atoms with E-state index in [2.05, 4.69) is 4.42 Å². The highest BCUT2D eigenvalue weighted by atomic mass is 31.2. The Morgan fingerprint density at radius 2 is 2.06 bits per heavy atom. The summed E-state index contributed by atoms with van der Waals surface area (Å²) in [4.78, 5) is 39.6. The highest BCUT2D eigenvalue weighted by Gasteiger charge is 2.25. The van der Waals surface area contributed by atoms with Gasteiger partial charge in [-0.15, -0.1) is 0 Å². The molecule has 0 fully saturated rings. The molecule has 8 heteroatoms. The molecule has 88 valence electrons. The molecule has 0 aliphatic rings. The van der Waals surface area contributed by atoms with Crippen molar-refractivity contribution < 1.29 is 28.7 Å². The molecule has 0 radical (unpaired) electrons. The largest absolute Gasteiger partial charge is 0.507 e. The van der Waals surface area contributed by atoms with E-state index in [4.69, 9.17) is 9.79 Å². The van der Waals surface area contributed by atoms with E-state index >= 15 is 0 Å². The number of ketones is 1. The van der Waals surface area contributed by atoms with Crippen molar-refractivity contribution >= 4 is 13.4 Å². The van der Waals surface area contributed by atoms with Gasteiger partial charge in [0, 0.05) is 6.07 Å². The normalized spacial score (nSPS) is 11.4. The molecular weight excluding hydrogens is 239 g/mol. The molecule has 0 aliphatic heterocycles. The molecule has 1 aromatic rings. The lowest BCUT2D eigenvalue weighted by Gasteiger charge is -2.04. The molecule has 0 bridgehead atoms. The third-order valence-electron chi connectivity index (χ3n) is 1.68. The Bertz CT molecular complexity index is 524. The van der Waals surface area contributed by atoms with Crippen LogP contribution >= 0.6 is 7.60 Å². The van der Waals surface area contributed by atoms with Crippen molar-refractivity contribution in [1.82, 2.24) is 0 Å². The van der Waals surface area contributed by atoms with Crippen LogP contribution < -0.4 is 5.63 Å². The highest BCUT2D eigenvalue weighted by molar-refractivity contribution is 7.52. The summed E-state index contributed by atoms with van der Waals surface area (Å²) in [7, 11) is -4.58. The molecule has 0 spiro atoms. The fourth-order valence-electron chi connectivity index (χ4n) is 1.12. The molecule has 0 saturated heterocycles. The summed E-state index contributed by atoms with van der Waals surface area (Å²) in [5.74, 6) is -1.71. The van der Waals surface area contributed by atoms with Gasteiger partial charge in [-0.05, 0) is 6.92 Å². The van der Waals surface area contributed by atoms with Gasteiger partial charge < -0.3 is 19.3 Å². The number of aromatic hydroxyl groups is 1.